The summed E-state index contributed by atoms with van der Waals surface area (Å²) in [6, 6.07) is 8.76. The van der Waals surface area contributed by atoms with Crippen LogP contribution >= 0.6 is 15.5 Å². The van der Waals surface area contributed by atoms with Crippen molar-refractivity contribution in [1.82, 2.24) is 0 Å². The number of rotatable bonds is 3. The first kappa shape index (κ1) is 11.0. The van der Waals surface area contributed by atoms with E-state index >= 15 is 0 Å². The third kappa shape index (κ3) is 3.28. The van der Waals surface area contributed by atoms with Gasteiger partial charge >= 0.3 is 77.1 Å². The van der Waals surface area contributed by atoms with E-state index in [9.17, 15) is 9.79 Å². The summed E-state index contributed by atoms with van der Waals surface area (Å²) in [5, 5.41) is 0. The van der Waals surface area contributed by atoms with E-state index < -0.39 is 15.5 Å². The molecule has 0 fully saturated rings. The summed E-state index contributed by atoms with van der Waals surface area (Å²) in [4.78, 5) is 36.0. The zero-order valence-electron chi connectivity index (χ0n) is 6.83. The van der Waals surface area contributed by atoms with E-state index in [1.54, 1.807) is 24.3 Å². The van der Waals surface area contributed by atoms with E-state index in [0.717, 1.165) is 0 Å². The van der Waals surface area contributed by atoms with Crippen molar-refractivity contribution in [2.45, 2.75) is 6.16 Å². The molecule has 0 bridgehead atoms. The van der Waals surface area contributed by atoms with E-state index in [0.29, 0.717) is 5.56 Å². The van der Waals surface area contributed by atoms with Gasteiger partial charge in [-0.2, -0.15) is 0 Å². The zero-order valence-corrected chi connectivity index (χ0v) is 8.72. The van der Waals surface area contributed by atoms with Gasteiger partial charge in [0.2, 0.25) is 0 Å². The van der Waals surface area contributed by atoms with Gasteiger partial charge in [-0.1, -0.05) is 0 Å². The molecule has 0 spiro atoms. The first-order valence-electron chi connectivity index (χ1n) is 3.69. The molecule has 0 saturated carbocycles. The second-order valence-corrected chi connectivity index (χ2v) is 8.56. The van der Waals surface area contributed by atoms with Crippen LogP contribution in [0.1, 0.15) is 5.56 Å². The van der Waals surface area contributed by atoms with E-state index in [1.165, 1.54) is 0 Å². The van der Waals surface area contributed by atoms with Crippen molar-refractivity contribution < 1.29 is 19.6 Å². The molecule has 4 N–H and O–H groups in total. The molecule has 1 rings (SSSR count). The Hall–Kier alpha value is -0.0800. The summed E-state index contributed by atoms with van der Waals surface area (Å²) in [5.41, 5.74) is 0.703. The van der Waals surface area contributed by atoms with Gasteiger partial charge in [0.1, 0.15) is 0 Å². The van der Waals surface area contributed by atoms with Gasteiger partial charge in [0, 0.05) is 0 Å². The second-order valence-electron chi connectivity index (χ2n) is 2.73. The molecular formula is C7H12O4P2. The SMILES string of the molecule is OP(O)[PH](O)(O)Cc1ccccc1. The summed E-state index contributed by atoms with van der Waals surface area (Å²) in [5.74, 6) is 0. The zero-order chi connectivity index (χ0) is 9.90. The molecule has 0 aliphatic carbocycles. The third-order valence-corrected chi connectivity index (χ3v) is 5.52. The molecule has 0 unspecified atom stereocenters. The fourth-order valence-corrected chi connectivity index (χ4v) is 2.84. The van der Waals surface area contributed by atoms with Crippen LogP contribution < -0.4 is 0 Å². The molecule has 4 nitrogen and oxygen atoms in total. The molecular weight excluding hydrogens is 210 g/mol. The van der Waals surface area contributed by atoms with Crippen LogP contribution in [0.2, 0.25) is 0 Å². The van der Waals surface area contributed by atoms with Crippen LogP contribution in [0, 0.1) is 0 Å². The van der Waals surface area contributed by atoms with Crippen molar-refractivity contribution in [3.63, 3.8) is 0 Å². The van der Waals surface area contributed by atoms with Gasteiger partial charge < -0.3 is 0 Å². The third-order valence-electron chi connectivity index (χ3n) is 1.60. The average molecular weight is 222 g/mol. The molecule has 0 aliphatic heterocycles. The van der Waals surface area contributed by atoms with Gasteiger partial charge in [-0.3, -0.25) is 0 Å². The Labute approximate surface area is 77.8 Å². The predicted octanol–water partition coefficient (Wildman–Crippen LogP) is 0.963. The Morgan fingerprint density at radius 2 is 1.62 bits per heavy atom. The van der Waals surface area contributed by atoms with Gasteiger partial charge in [-0.05, 0) is 0 Å². The number of hydrogen-bond acceptors (Lipinski definition) is 4. The Bertz CT molecular complexity index is 262. The van der Waals surface area contributed by atoms with E-state index in [4.69, 9.17) is 9.79 Å². The van der Waals surface area contributed by atoms with Gasteiger partial charge in [-0.25, -0.2) is 0 Å². The maximum atomic E-state index is 9.27. The van der Waals surface area contributed by atoms with Crippen LogP contribution in [-0.2, 0) is 6.16 Å². The van der Waals surface area contributed by atoms with Gasteiger partial charge in [-0.15, -0.1) is 0 Å². The molecule has 1 aromatic carbocycles. The summed E-state index contributed by atoms with van der Waals surface area (Å²) in [6.07, 6.45) is -0.0491. The topological polar surface area (TPSA) is 80.9 Å². The van der Waals surface area contributed by atoms with Crippen molar-refractivity contribution in [2.24, 2.45) is 0 Å². The normalized spacial score (nSPS) is 13.3. The van der Waals surface area contributed by atoms with Crippen LogP contribution in [0.5, 0.6) is 0 Å². The predicted molar refractivity (Wildman–Crippen MR) is 54.3 cm³/mol. The molecule has 0 saturated heterocycles. The molecule has 0 radical (unpaired) electrons. The molecule has 6 heteroatoms. The molecule has 0 aromatic heterocycles. The van der Waals surface area contributed by atoms with E-state index in [1.807, 2.05) is 6.07 Å². The van der Waals surface area contributed by atoms with Gasteiger partial charge in [0.15, 0.2) is 0 Å². The maximum absolute atomic E-state index is 9.27. The molecule has 1 aromatic rings. The van der Waals surface area contributed by atoms with Crippen molar-refractivity contribution >= 4 is 15.5 Å². The number of hydrogen-bond donors (Lipinski definition) is 4. The molecule has 0 atom stereocenters. The summed E-state index contributed by atoms with van der Waals surface area (Å²) in [7, 11) is -6.46. The van der Waals surface area contributed by atoms with Crippen molar-refractivity contribution in [3.05, 3.63) is 35.9 Å². The van der Waals surface area contributed by atoms with Crippen molar-refractivity contribution in [2.75, 3.05) is 0 Å². The summed E-state index contributed by atoms with van der Waals surface area (Å²) < 4.78 is 0. The van der Waals surface area contributed by atoms with Crippen LogP contribution in [0.4, 0.5) is 0 Å². The molecule has 74 valence electrons. The minimum atomic E-state index is -3.85. The van der Waals surface area contributed by atoms with Gasteiger partial charge in [0.05, 0.1) is 0 Å². The fraction of sp³-hybridized carbons (Fsp3) is 0.143. The Kier molecular flexibility index (Phi) is 3.74. The number of benzene rings is 1. The quantitative estimate of drug-likeness (QED) is 0.574. The fourth-order valence-electron chi connectivity index (χ4n) is 0.940. The van der Waals surface area contributed by atoms with Crippen molar-refractivity contribution in [1.29, 1.82) is 0 Å². The monoisotopic (exact) mass is 222 g/mol. The minimum absolute atomic E-state index is 0.0491. The van der Waals surface area contributed by atoms with E-state index in [-0.39, 0.29) is 6.16 Å². The second kappa shape index (κ2) is 4.43. The summed E-state index contributed by atoms with van der Waals surface area (Å²) >= 11 is 0. The van der Waals surface area contributed by atoms with Crippen LogP contribution in [0.3, 0.4) is 0 Å². The van der Waals surface area contributed by atoms with E-state index in [2.05, 4.69) is 0 Å². The first-order valence-corrected chi connectivity index (χ1v) is 7.88. The standard InChI is InChI=1S/C7H12O4P2/c8-12(9)13(10,11)6-7-4-2-1-3-5-7/h1-5,8-11,13H,6H2. The Morgan fingerprint density at radius 1 is 1.08 bits per heavy atom. The molecule has 0 aliphatic rings. The van der Waals surface area contributed by atoms with Crippen LogP contribution in [0.15, 0.2) is 30.3 Å². The summed E-state index contributed by atoms with van der Waals surface area (Å²) in [6.45, 7) is 0. The van der Waals surface area contributed by atoms with Crippen molar-refractivity contribution in [3.8, 4) is 0 Å². The first-order chi connectivity index (χ1) is 6.02. The Morgan fingerprint density at radius 3 is 2.08 bits per heavy atom. The molecule has 13 heavy (non-hydrogen) atoms. The van der Waals surface area contributed by atoms with Crippen LogP contribution in [-0.4, -0.2) is 19.6 Å². The average Bonchev–Trinajstić information content (AvgIpc) is 2.05. The molecule has 0 amide bonds. The van der Waals surface area contributed by atoms with Crippen LogP contribution in [0.25, 0.3) is 0 Å². The Balaban J connectivity index is 2.69. The molecule has 0 heterocycles. The van der Waals surface area contributed by atoms with Gasteiger partial charge in [0.25, 0.3) is 0 Å².